The molecule has 0 saturated carbocycles. The van der Waals surface area contributed by atoms with Crippen molar-refractivity contribution in [2.24, 2.45) is 0 Å². The van der Waals surface area contributed by atoms with Crippen LogP contribution in [0.2, 0.25) is 0 Å². The second-order valence-corrected chi connectivity index (χ2v) is 11.9. The Balaban J connectivity index is 0. The topological polar surface area (TPSA) is 84.9 Å². The van der Waals surface area contributed by atoms with Crippen LogP contribution in [0, 0.1) is 0 Å². The van der Waals surface area contributed by atoms with Crippen LogP contribution < -0.4 is 5.32 Å². The molecular formula is C26H58N2O5P+. The van der Waals surface area contributed by atoms with Crippen LogP contribution in [0.3, 0.4) is 0 Å². The Labute approximate surface area is 211 Å². The van der Waals surface area contributed by atoms with E-state index < -0.39 is 7.82 Å². The first-order valence-corrected chi connectivity index (χ1v) is 15.1. The molecule has 206 valence electrons. The largest absolute Gasteiger partial charge is 0.471 e. The minimum absolute atomic E-state index is 0.242. The second-order valence-electron chi connectivity index (χ2n) is 10.3. The van der Waals surface area contributed by atoms with Gasteiger partial charge in [-0.15, -0.1) is 0 Å². The van der Waals surface area contributed by atoms with Crippen molar-refractivity contribution in [1.29, 1.82) is 0 Å². The fourth-order valence-corrected chi connectivity index (χ4v) is 3.75. The molecule has 8 heteroatoms. The number of nitrogens with one attached hydrogen (secondary N) is 1. The normalized spacial score (nSPS) is 11.7. The number of carbonyl (C=O) groups is 1. The lowest BCUT2D eigenvalue weighted by molar-refractivity contribution is -0.870. The van der Waals surface area contributed by atoms with Gasteiger partial charge in [-0.25, -0.2) is 4.57 Å². The van der Waals surface area contributed by atoms with Crippen molar-refractivity contribution in [3.63, 3.8) is 0 Å². The lowest BCUT2D eigenvalue weighted by Crippen LogP contribution is -2.37. The summed E-state index contributed by atoms with van der Waals surface area (Å²) in [6, 6.07) is 0. The third kappa shape index (κ3) is 31.5. The van der Waals surface area contributed by atoms with Crippen molar-refractivity contribution < 1.29 is 27.8 Å². The van der Waals surface area contributed by atoms with E-state index in [9.17, 15) is 9.36 Å². The fraction of sp³-hybridized carbons (Fsp3) is 0.962. The van der Waals surface area contributed by atoms with Crippen LogP contribution >= 0.6 is 7.82 Å². The summed E-state index contributed by atoms with van der Waals surface area (Å²) >= 11 is 0. The molecule has 0 radical (unpaired) electrons. The van der Waals surface area contributed by atoms with E-state index >= 15 is 0 Å². The summed E-state index contributed by atoms with van der Waals surface area (Å²) < 4.78 is 19.0. The molecule has 0 aromatic rings. The molecule has 0 atom stereocenters. The number of hydrogen-bond acceptors (Lipinski definition) is 4. The van der Waals surface area contributed by atoms with Gasteiger partial charge in [-0.2, -0.15) is 0 Å². The van der Waals surface area contributed by atoms with Gasteiger partial charge in [-0.05, 0) is 6.42 Å². The van der Waals surface area contributed by atoms with Crippen LogP contribution in [-0.2, 0) is 18.4 Å². The molecule has 0 heterocycles. The number of nitrogens with zero attached hydrogens (tertiary/aromatic N) is 1. The standard InChI is InChI=1S/C24H50N2O.C2H7O4P/c1-5-6-7-8-9-10-11-12-13-14-15-16-17-18-19-21-24(27)25-22-20-23-26(2,3)4;1-5-7(3,4)6-2/h5-23H2,1-4H3;1-2H3,(H,3,4)/p+1. The zero-order valence-electron chi connectivity index (χ0n) is 23.4. The molecule has 0 aliphatic rings. The van der Waals surface area contributed by atoms with Gasteiger partial charge in [0.15, 0.2) is 0 Å². The number of phosphoric acid groups is 1. The maximum Gasteiger partial charge on any atom is 0.471 e. The Bertz CT molecular complexity index is 490. The smallest absolute Gasteiger partial charge is 0.356 e. The minimum Gasteiger partial charge on any atom is -0.356 e. The lowest BCUT2D eigenvalue weighted by Gasteiger charge is -2.23. The molecule has 0 rings (SSSR count). The Morgan fingerprint density at radius 1 is 0.735 bits per heavy atom. The summed E-state index contributed by atoms with van der Waals surface area (Å²) in [5, 5.41) is 3.06. The first-order chi connectivity index (χ1) is 16.1. The molecule has 1 amide bonds. The molecule has 0 bridgehead atoms. The number of carbonyl (C=O) groups excluding carboxylic acids is 1. The highest BCUT2D eigenvalue weighted by molar-refractivity contribution is 7.47. The first kappa shape index (κ1) is 35.7. The van der Waals surface area contributed by atoms with Gasteiger partial charge in [0.25, 0.3) is 0 Å². The Morgan fingerprint density at radius 3 is 1.44 bits per heavy atom. The molecule has 0 aliphatic heterocycles. The number of rotatable bonds is 22. The highest BCUT2D eigenvalue weighted by atomic mass is 31.2. The van der Waals surface area contributed by atoms with E-state index in [2.05, 4.69) is 42.4 Å². The summed E-state index contributed by atoms with van der Waals surface area (Å²) in [4.78, 5) is 20.0. The molecule has 0 aliphatic carbocycles. The number of phosphoric ester groups is 1. The molecule has 0 aromatic heterocycles. The predicted molar refractivity (Wildman–Crippen MR) is 144 cm³/mol. The SMILES string of the molecule is CCCCCCCCCCCCCCCCCC(=O)NCCC[N+](C)(C)C.COP(=O)(O)OC. The molecule has 0 saturated heterocycles. The number of unbranched alkanes of at least 4 members (excludes halogenated alkanes) is 14. The highest BCUT2D eigenvalue weighted by Crippen LogP contribution is 2.40. The van der Waals surface area contributed by atoms with E-state index in [0.29, 0.717) is 6.42 Å². The third-order valence-electron chi connectivity index (χ3n) is 5.80. The number of quaternary nitrogens is 1. The molecular weight excluding hydrogens is 451 g/mol. The van der Waals surface area contributed by atoms with E-state index in [-0.39, 0.29) is 5.91 Å². The van der Waals surface area contributed by atoms with E-state index in [0.717, 1.165) is 44.6 Å². The molecule has 2 N–H and O–H groups in total. The van der Waals surface area contributed by atoms with Crippen LogP contribution in [0.25, 0.3) is 0 Å². The molecule has 0 spiro atoms. The molecule has 0 fully saturated rings. The van der Waals surface area contributed by atoms with Crippen molar-refractivity contribution in [3.05, 3.63) is 0 Å². The summed E-state index contributed by atoms with van der Waals surface area (Å²) in [7, 11) is 5.12. The van der Waals surface area contributed by atoms with E-state index in [1.807, 2.05) is 0 Å². The van der Waals surface area contributed by atoms with E-state index in [4.69, 9.17) is 4.89 Å². The zero-order valence-corrected chi connectivity index (χ0v) is 24.3. The Morgan fingerprint density at radius 2 is 1.12 bits per heavy atom. The van der Waals surface area contributed by atoms with Gasteiger partial charge in [0.05, 0.1) is 27.7 Å². The summed E-state index contributed by atoms with van der Waals surface area (Å²) in [6.07, 6.45) is 22.3. The van der Waals surface area contributed by atoms with Crippen LogP contribution in [-0.4, -0.2) is 63.7 Å². The van der Waals surface area contributed by atoms with Crippen molar-refractivity contribution >= 4 is 13.7 Å². The number of hydrogen-bond donors (Lipinski definition) is 2. The first-order valence-electron chi connectivity index (χ1n) is 13.6. The van der Waals surface area contributed by atoms with Crippen molar-refractivity contribution in [3.8, 4) is 0 Å². The van der Waals surface area contributed by atoms with Crippen molar-refractivity contribution in [2.45, 2.75) is 116 Å². The van der Waals surface area contributed by atoms with Crippen LogP contribution in [0.5, 0.6) is 0 Å². The van der Waals surface area contributed by atoms with Crippen LogP contribution in [0.4, 0.5) is 0 Å². The second kappa shape index (κ2) is 24.2. The van der Waals surface area contributed by atoms with Gasteiger partial charge in [-0.3, -0.25) is 13.8 Å². The molecule has 0 unspecified atom stereocenters. The number of amides is 1. The van der Waals surface area contributed by atoms with E-state index in [1.54, 1.807) is 0 Å². The van der Waals surface area contributed by atoms with E-state index in [1.165, 1.54) is 89.9 Å². The average Bonchev–Trinajstić information content (AvgIpc) is 2.79. The summed E-state index contributed by atoms with van der Waals surface area (Å²) in [5.41, 5.74) is 0. The monoisotopic (exact) mass is 509 g/mol. The van der Waals surface area contributed by atoms with Gasteiger partial charge >= 0.3 is 7.82 Å². The average molecular weight is 510 g/mol. The van der Waals surface area contributed by atoms with Crippen LogP contribution in [0.1, 0.15) is 116 Å². The van der Waals surface area contributed by atoms with Gasteiger partial charge in [0.2, 0.25) is 5.91 Å². The molecule has 0 aromatic carbocycles. The quantitative estimate of drug-likeness (QED) is 0.0948. The van der Waals surface area contributed by atoms with Gasteiger partial charge in [0, 0.05) is 33.6 Å². The van der Waals surface area contributed by atoms with Crippen molar-refractivity contribution in [1.82, 2.24) is 5.32 Å². The lowest BCUT2D eigenvalue weighted by atomic mass is 10.0. The summed E-state index contributed by atoms with van der Waals surface area (Å²) in [6.45, 7) is 4.22. The Hall–Kier alpha value is -0.460. The summed E-state index contributed by atoms with van der Waals surface area (Å²) in [5.74, 6) is 0.242. The third-order valence-corrected chi connectivity index (χ3v) is 6.72. The molecule has 7 nitrogen and oxygen atoms in total. The predicted octanol–water partition coefficient (Wildman–Crippen LogP) is 6.84. The zero-order chi connectivity index (χ0) is 26.1. The van der Waals surface area contributed by atoms with Crippen LogP contribution in [0.15, 0.2) is 0 Å². The fourth-order valence-electron chi connectivity index (χ4n) is 3.60. The maximum absolute atomic E-state index is 11.8. The highest BCUT2D eigenvalue weighted by Gasteiger charge is 2.13. The molecule has 34 heavy (non-hydrogen) atoms. The van der Waals surface area contributed by atoms with Gasteiger partial charge in [0.1, 0.15) is 0 Å². The minimum atomic E-state index is -3.65. The van der Waals surface area contributed by atoms with Crippen molar-refractivity contribution in [2.75, 3.05) is 48.5 Å². The maximum atomic E-state index is 11.8. The van der Waals surface area contributed by atoms with Gasteiger partial charge in [-0.1, -0.05) is 96.8 Å². The Kier molecular flexibility index (Phi) is 25.5. The van der Waals surface area contributed by atoms with Gasteiger partial charge < -0.3 is 14.7 Å².